The summed E-state index contributed by atoms with van der Waals surface area (Å²) < 4.78 is 12.5. The second-order valence-corrected chi connectivity index (χ2v) is 6.85. The lowest BCUT2D eigenvalue weighted by Crippen LogP contribution is -2.17. The Bertz CT molecular complexity index is 1230. The van der Waals surface area contributed by atoms with E-state index in [9.17, 15) is 9.59 Å². The lowest BCUT2D eigenvalue weighted by molar-refractivity contribution is 0.0467. The number of hydrogen-bond donors (Lipinski definition) is 0. The zero-order chi connectivity index (χ0) is 20.9. The molecule has 0 saturated heterocycles. The number of carbonyl (C=O) groups is 1. The van der Waals surface area contributed by atoms with E-state index in [4.69, 9.17) is 9.47 Å². The van der Waals surface area contributed by atoms with E-state index in [0.29, 0.717) is 23.5 Å². The van der Waals surface area contributed by atoms with Gasteiger partial charge in [-0.15, -0.1) is 0 Å². The molecular formula is C24H20N2O4. The monoisotopic (exact) mass is 400 g/mol. The predicted octanol–water partition coefficient (Wildman–Crippen LogP) is 3.94. The van der Waals surface area contributed by atoms with Crippen LogP contribution in [0.15, 0.2) is 83.8 Å². The standard InChI is InChI=1S/C24H20N2O4/c1-17-6-5-13-26-22(27)14-20(25-23(17)26)16-30-24(28)19-11-9-18(10-12-19)15-29-21-7-3-2-4-8-21/h2-14H,15-16H2,1H3. The van der Waals surface area contributed by atoms with Crippen molar-refractivity contribution in [3.05, 3.63) is 112 Å². The summed E-state index contributed by atoms with van der Waals surface area (Å²) in [6.45, 7) is 2.21. The molecule has 0 aliphatic carbocycles. The van der Waals surface area contributed by atoms with Gasteiger partial charge in [0.15, 0.2) is 0 Å². The molecule has 0 bridgehead atoms. The van der Waals surface area contributed by atoms with Crippen molar-refractivity contribution in [2.75, 3.05) is 0 Å². The number of hydrogen-bond acceptors (Lipinski definition) is 5. The van der Waals surface area contributed by atoms with Gasteiger partial charge in [0.1, 0.15) is 24.6 Å². The van der Waals surface area contributed by atoms with Crippen LogP contribution >= 0.6 is 0 Å². The van der Waals surface area contributed by atoms with Crippen molar-refractivity contribution in [1.82, 2.24) is 9.38 Å². The summed E-state index contributed by atoms with van der Waals surface area (Å²) in [6.07, 6.45) is 1.66. The lowest BCUT2D eigenvalue weighted by atomic mass is 10.1. The molecule has 150 valence electrons. The van der Waals surface area contributed by atoms with Gasteiger partial charge in [-0.2, -0.15) is 0 Å². The first-order chi connectivity index (χ1) is 14.6. The van der Waals surface area contributed by atoms with Crippen LogP contribution in [0.4, 0.5) is 0 Å². The largest absolute Gasteiger partial charge is 0.489 e. The average Bonchev–Trinajstić information content (AvgIpc) is 2.78. The van der Waals surface area contributed by atoms with E-state index in [0.717, 1.165) is 16.9 Å². The van der Waals surface area contributed by atoms with Gasteiger partial charge in [0.05, 0.1) is 11.3 Å². The number of ether oxygens (including phenoxy) is 2. The second kappa shape index (κ2) is 8.61. The molecule has 0 spiro atoms. The maximum atomic E-state index is 12.4. The molecule has 0 unspecified atom stereocenters. The Morgan fingerprint density at radius 1 is 0.967 bits per heavy atom. The zero-order valence-corrected chi connectivity index (χ0v) is 16.4. The molecule has 0 N–H and O–H groups in total. The Labute approximate surface area is 173 Å². The molecule has 0 aliphatic heterocycles. The number of esters is 1. The maximum absolute atomic E-state index is 12.4. The Morgan fingerprint density at radius 3 is 2.50 bits per heavy atom. The van der Waals surface area contributed by atoms with Crippen LogP contribution in [0.3, 0.4) is 0 Å². The van der Waals surface area contributed by atoms with Crippen molar-refractivity contribution in [2.24, 2.45) is 0 Å². The zero-order valence-electron chi connectivity index (χ0n) is 16.4. The molecule has 6 heteroatoms. The van der Waals surface area contributed by atoms with Gasteiger partial charge in [-0.3, -0.25) is 9.20 Å². The first-order valence-corrected chi connectivity index (χ1v) is 9.52. The number of aromatic nitrogens is 2. The summed E-state index contributed by atoms with van der Waals surface area (Å²) in [5.41, 5.74) is 2.99. The van der Waals surface area contributed by atoms with E-state index in [2.05, 4.69) is 4.98 Å². The van der Waals surface area contributed by atoms with E-state index in [1.807, 2.05) is 55.5 Å². The third kappa shape index (κ3) is 4.38. The normalized spacial score (nSPS) is 10.7. The fraction of sp³-hybridized carbons (Fsp3) is 0.125. The van der Waals surface area contributed by atoms with Crippen LogP contribution in [-0.4, -0.2) is 15.4 Å². The van der Waals surface area contributed by atoms with Gasteiger partial charge in [0.2, 0.25) is 0 Å². The molecule has 0 aliphatic rings. The Balaban J connectivity index is 1.39. The van der Waals surface area contributed by atoms with E-state index in [1.54, 1.807) is 24.4 Å². The molecule has 2 heterocycles. The van der Waals surface area contributed by atoms with Crippen molar-refractivity contribution in [3.63, 3.8) is 0 Å². The third-order valence-electron chi connectivity index (χ3n) is 4.63. The highest BCUT2D eigenvalue weighted by Crippen LogP contribution is 2.13. The molecule has 0 amide bonds. The van der Waals surface area contributed by atoms with Crippen LogP contribution in [0.1, 0.15) is 27.2 Å². The van der Waals surface area contributed by atoms with Crippen molar-refractivity contribution < 1.29 is 14.3 Å². The highest BCUT2D eigenvalue weighted by atomic mass is 16.5. The minimum Gasteiger partial charge on any atom is -0.489 e. The van der Waals surface area contributed by atoms with Crippen LogP contribution in [-0.2, 0) is 18.0 Å². The number of rotatable bonds is 6. The van der Waals surface area contributed by atoms with Gasteiger partial charge in [0, 0.05) is 12.3 Å². The summed E-state index contributed by atoms with van der Waals surface area (Å²) in [4.78, 5) is 29.0. The van der Waals surface area contributed by atoms with E-state index in [-0.39, 0.29) is 12.2 Å². The SMILES string of the molecule is Cc1cccn2c(=O)cc(COC(=O)c3ccc(COc4ccccc4)cc3)nc12. The lowest BCUT2D eigenvalue weighted by Gasteiger charge is -2.08. The van der Waals surface area contributed by atoms with Crippen LogP contribution in [0.5, 0.6) is 5.75 Å². The smallest absolute Gasteiger partial charge is 0.338 e. The summed E-state index contributed by atoms with van der Waals surface area (Å²) >= 11 is 0. The summed E-state index contributed by atoms with van der Waals surface area (Å²) in [5.74, 6) is 0.312. The minimum absolute atomic E-state index is 0.0716. The van der Waals surface area contributed by atoms with Crippen molar-refractivity contribution in [1.29, 1.82) is 0 Å². The molecule has 30 heavy (non-hydrogen) atoms. The fourth-order valence-electron chi connectivity index (χ4n) is 3.03. The first kappa shape index (κ1) is 19.4. The number of aryl methyl sites for hydroxylation is 1. The number of benzene rings is 2. The number of pyridine rings is 1. The van der Waals surface area contributed by atoms with Gasteiger partial charge in [-0.05, 0) is 48.4 Å². The van der Waals surface area contributed by atoms with Crippen molar-refractivity contribution >= 4 is 11.6 Å². The Morgan fingerprint density at radius 2 is 1.73 bits per heavy atom. The number of carbonyl (C=O) groups excluding carboxylic acids is 1. The first-order valence-electron chi connectivity index (χ1n) is 9.52. The maximum Gasteiger partial charge on any atom is 0.338 e. The molecule has 6 nitrogen and oxygen atoms in total. The molecule has 2 aromatic carbocycles. The minimum atomic E-state index is -0.475. The van der Waals surface area contributed by atoms with Crippen molar-refractivity contribution in [2.45, 2.75) is 20.1 Å². The quantitative estimate of drug-likeness (QED) is 0.459. The molecule has 4 aromatic rings. The number of fused-ring (bicyclic) bond motifs is 1. The van der Waals surface area contributed by atoms with E-state index >= 15 is 0 Å². The summed E-state index contributed by atoms with van der Waals surface area (Å²) in [6, 6.07) is 21.6. The molecular weight excluding hydrogens is 380 g/mol. The van der Waals surface area contributed by atoms with Crippen LogP contribution in [0.2, 0.25) is 0 Å². The fourth-order valence-corrected chi connectivity index (χ4v) is 3.03. The van der Waals surface area contributed by atoms with Gasteiger partial charge in [-0.25, -0.2) is 9.78 Å². The van der Waals surface area contributed by atoms with Gasteiger partial charge in [0.25, 0.3) is 5.56 Å². The summed E-state index contributed by atoms with van der Waals surface area (Å²) in [5, 5.41) is 0. The topological polar surface area (TPSA) is 69.9 Å². The van der Waals surface area contributed by atoms with Crippen molar-refractivity contribution in [3.8, 4) is 5.75 Å². The molecule has 2 aromatic heterocycles. The van der Waals surface area contributed by atoms with Crippen LogP contribution in [0, 0.1) is 6.92 Å². The molecule has 0 fully saturated rings. The van der Waals surface area contributed by atoms with Gasteiger partial charge >= 0.3 is 5.97 Å². The Hall–Kier alpha value is -3.93. The molecule has 0 radical (unpaired) electrons. The Kier molecular flexibility index (Phi) is 5.57. The van der Waals surface area contributed by atoms with Crippen LogP contribution in [0.25, 0.3) is 5.65 Å². The second-order valence-electron chi connectivity index (χ2n) is 6.85. The molecule has 4 rings (SSSR count). The number of nitrogens with zero attached hydrogens (tertiary/aromatic N) is 2. The average molecular weight is 400 g/mol. The van der Waals surface area contributed by atoms with Gasteiger partial charge < -0.3 is 9.47 Å². The number of para-hydroxylation sites is 1. The molecule has 0 atom stereocenters. The summed E-state index contributed by atoms with van der Waals surface area (Å²) in [7, 11) is 0. The van der Waals surface area contributed by atoms with E-state index in [1.165, 1.54) is 10.5 Å². The van der Waals surface area contributed by atoms with E-state index < -0.39 is 5.97 Å². The third-order valence-corrected chi connectivity index (χ3v) is 4.63. The highest BCUT2D eigenvalue weighted by molar-refractivity contribution is 5.89. The van der Waals surface area contributed by atoms with Crippen LogP contribution < -0.4 is 10.3 Å². The van der Waals surface area contributed by atoms with Gasteiger partial charge in [-0.1, -0.05) is 36.4 Å². The predicted molar refractivity (Wildman–Crippen MR) is 113 cm³/mol. The molecule has 0 saturated carbocycles. The highest BCUT2D eigenvalue weighted by Gasteiger charge is 2.10.